The molecule has 5 heteroatoms. The van der Waals surface area contributed by atoms with Crippen molar-refractivity contribution in [2.24, 2.45) is 0 Å². The van der Waals surface area contributed by atoms with Crippen molar-refractivity contribution in [2.45, 2.75) is 25.8 Å². The van der Waals surface area contributed by atoms with Gasteiger partial charge in [-0.15, -0.1) is 0 Å². The number of piperidine rings is 1. The molecule has 1 N–H and O–H groups in total. The van der Waals surface area contributed by atoms with Crippen molar-refractivity contribution in [1.29, 1.82) is 0 Å². The molecule has 2 aliphatic heterocycles. The first-order chi connectivity index (χ1) is 7.74. The van der Waals surface area contributed by atoms with Gasteiger partial charge in [-0.25, -0.2) is 0 Å². The van der Waals surface area contributed by atoms with Crippen LogP contribution in [0.25, 0.3) is 0 Å². The second kappa shape index (κ2) is 4.82. The first-order valence-electron chi connectivity index (χ1n) is 6.04. The van der Waals surface area contributed by atoms with Crippen molar-refractivity contribution >= 4 is 11.8 Å². The molecule has 2 saturated heterocycles. The molecule has 90 valence electrons. The van der Waals surface area contributed by atoms with Gasteiger partial charge in [0, 0.05) is 25.7 Å². The topological polar surface area (TPSA) is 52.6 Å². The van der Waals surface area contributed by atoms with E-state index < -0.39 is 0 Å². The van der Waals surface area contributed by atoms with Crippen LogP contribution in [0.2, 0.25) is 0 Å². The lowest BCUT2D eigenvalue weighted by Crippen LogP contribution is -2.58. The molecule has 2 amide bonds. The van der Waals surface area contributed by atoms with E-state index in [4.69, 9.17) is 0 Å². The van der Waals surface area contributed by atoms with Crippen molar-refractivity contribution in [2.75, 3.05) is 32.7 Å². The predicted molar refractivity (Wildman–Crippen MR) is 59.9 cm³/mol. The highest BCUT2D eigenvalue weighted by molar-refractivity contribution is 6.35. The van der Waals surface area contributed by atoms with Gasteiger partial charge in [0.2, 0.25) is 0 Å². The minimum atomic E-state index is -0.327. The molecule has 0 atom stereocenters. The Labute approximate surface area is 95.8 Å². The van der Waals surface area contributed by atoms with Crippen LogP contribution >= 0.6 is 0 Å². The molecule has 0 spiro atoms. The first-order valence-corrected chi connectivity index (χ1v) is 6.04. The summed E-state index contributed by atoms with van der Waals surface area (Å²) in [7, 11) is 0. The van der Waals surface area contributed by atoms with Gasteiger partial charge >= 0.3 is 11.8 Å². The van der Waals surface area contributed by atoms with Crippen LogP contribution in [0.1, 0.15) is 19.8 Å². The maximum atomic E-state index is 11.9. The van der Waals surface area contributed by atoms with Gasteiger partial charge in [0.05, 0.1) is 0 Å². The van der Waals surface area contributed by atoms with E-state index in [0.717, 1.165) is 25.9 Å². The van der Waals surface area contributed by atoms with Crippen LogP contribution in [-0.4, -0.2) is 60.4 Å². The Morgan fingerprint density at radius 1 is 1.19 bits per heavy atom. The molecule has 0 aromatic carbocycles. The molecule has 0 bridgehead atoms. The van der Waals surface area contributed by atoms with Gasteiger partial charge in [0.25, 0.3) is 0 Å². The summed E-state index contributed by atoms with van der Waals surface area (Å²) in [6.45, 7) is 5.81. The molecule has 0 aromatic rings. The number of hydrogen-bond acceptors (Lipinski definition) is 3. The summed E-state index contributed by atoms with van der Waals surface area (Å²) in [5.74, 6) is -0.632. The lowest BCUT2D eigenvalue weighted by Gasteiger charge is -2.39. The van der Waals surface area contributed by atoms with Gasteiger partial charge in [-0.3, -0.25) is 9.59 Å². The number of nitrogens with one attached hydrogen (secondary N) is 1. The van der Waals surface area contributed by atoms with E-state index in [9.17, 15) is 9.59 Å². The third kappa shape index (κ3) is 2.04. The van der Waals surface area contributed by atoms with Crippen LogP contribution in [0, 0.1) is 0 Å². The second-order valence-corrected chi connectivity index (χ2v) is 4.36. The lowest BCUT2D eigenvalue weighted by molar-refractivity contribution is -0.158. The molecule has 2 aliphatic rings. The van der Waals surface area contributed by atoms with Crippen molar-refractivity contribution in [1.82, 2.24) is 15.1 Å². The molecular weight excluding hydrogens is 206 g/mol. The lowest BCUT2D eigenvalue weighted by atomic mass is 10.0. The number of carbonyl (C=O) groups is 2. The Kier molecular flexibility index (Phi) is 3.43. The third-order valence-corrected chi connectivity index (χ3v) is 3.47. The largest absolute Gasteiger partial charge is 0.333 e. The highest BCUT2D eigenvalue weighted by Gasteiger charge is 2.35. The molecule has 0 radical (unpaired) electrons. The summed E-state index contributed by atoms with van der Waals surface area (Å²) in [6.07, 6.45) is 1.93. The highest BCUT2D eigenvalue weighted by Crippen LogP contribution is 2.15. The number of nitrogens with zero attached hydrogens (tertiary/aromatic N) is 2. The molecule has 2 rings (SSSR count). The minimum absolute atomic E-state index is 0.261. The molecular formula is C11H19N3O2. The molecule has 0 unspecified atom stereocenters. The Morgan fingerprint density at radius 2 is 1.88 bits per heavy atom. The molecule has 5 nitrogen and oxygen atoms in total. The third-order valence-electron chi connectivity index (χ3n) is 3.47. The summed E-state index contributed by atoms with van der Waals surface area (Å²) in [4.78, 5) is 27.0. The predicted octanol–water partition coefficient (Wildman–Crippen LogP) is -0.571. The number of rotatable bonds is 2. The number of carbonyl (C=O) groups excluding carboxylic acids is 2. The van der Waals surface area contributed by atoms with Crippen molar-refractivity contribution < 1.29 is 9.59 Å². The van der Waals surface area contributed by atoms with E-state index in [1.807, 2.05) is 6.92 Å². The van der Waals surface area contributed by atoms with Gasteiger partial charge in [-0.2, -0.15) is 0 Å². The van der Waals surface area contributed by atoms with Crippen molar-refractivity contribution in [3.05, 3.63) is 0 Å². The molecule has 16 heavy (non-hydrogen) atoms. The zero-order valence-corrected chi connectivity index (χ0v) is 9.74. The van der Waals surface area contributed by atoms with Crippen molar-refractivity contribution in [3.63, 3.8) is 0 Å². The number of likely N-dealkylation sites (N-methyl/N-ethyl adjacent to an activating group) is 1. The summed E-state index contributed by atoms with van der Waals surface area (Å²) < 4.78 is 0. The van der Waals surface area contributed by atoms with E-state index in [1.165, 1.54) is 0 Å². The molecule has 2 heterocycles. The second-order valence-electron chi connectivity index (χ2n) is 4.36. The summed E-state index contributed by atoms with van der Waals surface area (Å²) >= 11 is 0. The van der Waals surface area contributed by atoms with E-state index >= 15 is 0 Å². The number of hydrogen-bond donors (Lipinski definition) is 1. The summed E-state index contributed by atoms with van der Waals surface area (Å²) in [5.41, 5.74) is 0. The molecule has 2 fully saturated rings. The standard InChI is InChI=1S/C11H19N3O2/c1-2-13-7-8-14(11(16)10(13)15)9-3-5-12-6-4-9/h9,12H,2-8H2,1H3. The molecule has 0 aliphatic carbocycles. The van der Waals surface area contributed by atoms with Crippen molar-refractivity contribution in [3.8, 4) is 0 Å². The maximum absolute atomic E-state index is 11.9. The Balaban J connectivity index is 2.01. The average Bonchev–Trinajstić information content (AvgIpc) is 2.34. The van der Waals surface area contributed by atoms with E-state index in [0.29, 0.717) is 19.6 Å². The van der Waals surface area contributed by atoms with Gasteiger partial charge in [0.1, 0.15) is 0 Å². The fourth-order valence-corrected chi connectivity index (χ4v) is 2.46. The average molecular weight is 225 g/mol. The van der Waals surface area contributed by atoms with Gasteiger partial charge < -0.3 is 15.1 Å². The number of amides is 2. The Bertz CT molecular complexity index is 287. The van der Waals surface area contributed by atoms with Gasteiger partial charge in [-0.1, -0.05) is 0 Å². The van der Waals surface area contributed by atoms with Crippen LogP contribution in [0.5, 0.6) is 0 Å². The van der Waals surface area contributed by atoms with E-state index in [1.54, 1.807) is 9.80 Å². The first kappa shape index (κ1) is 11.4. The summed E-state index contributed by atoms with van der Waals surface area (Å²) in [6, 6.07) is 0.261. The van der Waals surface area contributed by atoms with Crippen LogP contribution in [0.4, 0.5) is 0 Å². The Hall–Kier alpha value is -1.10. The van der Waals surface area contributed by atoms with Crippen LogP contribution in [-0.2, 0) is 9.59 Å². The van der Waals surface area contributed by atoms with Crippen LogP contribution < -0.4 is 5.32 Å². The highest BCUT2D eigenvalue weighted by atomic mass is 16.2. The van der Waals surface area contributed by atoms with Crippen LogP contribution in [0.3, 0.4) is 0 Å². The van der Waals surface area contributed by atoms with E-state index in [-0.39, 0.29) is 17.9 Å². The van der Waals surface area contributed by atoms with Gasteiger partial charge in [-0.05, 0) is 32.9 Å². The number of piperazine rings is 1. The molecule has 0 saturated carbocycles. The fraction of sp³-hybridized carbons (Fsp3) is 0.818. The fourth-order valence-electron chi connectivity index (χ4n) is 2.46. The summed E-state index contributed by atoms with van der Waals surface area (Å²) in [5, 5.41) is 3.27. The SMILES string of the molecule is CCN1CCN(C2CCNCC2)C(=O)C1=O. The normalized spacial score (nSPS) is 24.1. The quantitative estimate of drug-likeness (QED) is 0.640. The van der Waals surface area contributed by atoms with Crippen LogP contribution in [0.15, 0.2) is 0 Å². The zero-order valence-electron chi connectivity index (χ0n) is 9.74. The molecule has 0 aromatic heterocycles. The monoisotopic (exact) mass is 225 g/mol. The van der Waals surface area contributed by atoms with Gasteiger partial charge in [0.15, 0.2) is 0 Å². The zero-order chi connectivity index (χ0) is 11.5. The maximum Gasteiger partial charge on any atom is 0.312 e. The van der Waals surface area contributed by atoms with E-state index in [2.05, 4.69) is 5.32 Å². The Morgan fingerprint density at radius 3 is 2.50 bits per heavy atom. The smallest absolute Gasteiger partial charge is 0.312 e. The minimum Gasteiger partial charge on any atom is -0.333 e.